The van der Waals surface area contributed by atoms with E-state index in [1.54, 1.807) is 11.8 Å². The number of β-lactam (4-membered cyclic amide) rings is 1. The van der Waals surface area contributed by atoms with Gasteiger partial charge in [-0.15, -0.1) is 11.8 Å². The Hall–Kier alpha value is -1.62. The SMILES string of the molecule is C[C@H](O)[C@H]1C(=O)N2C(C(=O)O)=C(S[C@@H]3CN[C@H](C(=O)N4CC(N)C4)C3)[C@H](C)[C@H]12. The molecule has 4 aliphatic rings. The molecule has 0 aliphatic carbocycles. The van der Waals surface area contributed by atoms with Gasteiger partial charge in [0.2, 0.25) is 11.8 Å². The van der Waals surface area contributed by atoms with Gasteiger partial charge in [0.1, 0.15) is 5.70 Å². The number of likely N-dealkylation sites (tertiary alicyclic amines) is 1. The molecule has 0 aromatic carbocycles. The molecular weight excluding hydrogens is 384 g/mol. The molecule has 0 radical (unpaired) electrons. The molecule has 6 atom stereocenters. The molecule has 5 N–H and O–H groups in total. The lowest BCUT2D eigenvalue weighted by molar-refractivity contribution is -0.163. The number of hydrogen-bond acceptors (Lipinski definition) is 7. The number of aliphatic hydroxyl groups is 1. The number of hydrogen-bond donors (Lipinski definition) is 4. The number of fused-ring (bicyclic) bond motifs is 1. The van der Waals surface area contributed by atoms with Crippen LogP contribution in [0.5, 0.6) is 0 Å². The maximum Gasteiger partial charge on any atom is 0.353 e. The first-order valence-corrected chi connectivity index (χ1v) is 10.5. The van der Waals surface area contributed by atoms with E-state index >= 15 is 0 Å². The van der Waals surface area contributed by atoms with Crippen LogP contribution >= 0.6 is 11.8 Å². The van der Waals surface area contributed by atoms with E-state index in [9.17, 15) is 24.6 Å². The van der Waals surface area contributed by atoms with Gasteiger partial charge in [0.15, 0.2) is 0 Å². The molecule has 154 valence electrons. The fourth-order valence-electron chi connectivity index (χ4n) is 4.75. The second kappa shape index (κ2) is 7.01. The van der Waals surface area contributed by atoms with Crippen LogP contribution in [0.25, 0.3) is 0 Å². The standard InChI is InChI=1S/C18H26N4O5S/c1-7-13-12(8(2)23)17(25)22(13)14(18(26)27)15(7)28-10-3-11(20-4-10)16(24)21-5-9(19)6-21/h7-13,20,23H,3-6,19H2,1-2H3,(H,26,27)/t7-,8+,10+,11+,12-,13-/m1/s1. The third-order valence-electron chi connectivity index (χ3n) is 6.21. The van der Waals surface area contributed by atoms with Crippen molar-refractivity contribution in [1.29, 1.82) is 0 Å². The highest BCUT2D eigenvalue weighted by Crippen LogP contribution is 2.51. The van der Waals surface area contributed by atoms with Crippen molar-refractivity contribution in [1.82, 2.24) is 15.1 Å². The van der Waals surface area contributed by atoms with Crippen molar-refractivity contribution >= 4 is 29.5 Å². The van der Waals surface area contributed by atoms with Gasteiger partial charge < -0.3 is 31.1 Å². The molecule has 2 amide bonds. The molecule has 9 nitrogen and oxygen atoms in total. The smallest absolute Gasteiger partial charge is 0.353 e. The number of carboxylic acids is 1. The van der Waals surface area contributed by atoms with Gasteiger partial charge >= 0.3 is 5.97 Å². The van der Waals surface area contributed by atoms with Crippen LogP contribution in [0.2, 0.25) is 0 Å². The number of carbonyl (C=O) groups excluding carboxylic acids is 2. The molecule has 0 spiro atoms. The predicted octanol–water partition coefficient (Wildman–Crippen LogP) is -1.23. The monoisotopic (exact) mass is 410 g/mol. The third-order valence-corrected chi connectivity index (χ3v) is 7.73. The largest absolute Gasteiger partial charge is 0.477 e. The minimum Gasteiger partial charge on any atom is -0.477 e. The van der Waals surface area contributed by atoms with E-state index in [1.165, 1.54) is 16.7 Å². The van der Waals surface area contributed by atoms with Crippen LogP contribution in [0.15, 0.2) is 10.6 Å². The molecule has 0 saturated carbocycles. The molecule has 0 unspecified atom stereocenters. The fourth-order valence-corrected chi connectivity index (χ4v) is 6.23. The summed E-state index contributed by atoms with van der Waals surface area (Å²) in [6.07, 6.45) is -0.204. The van der Waals surface area contributed by atoms with Crippen molar-refractivity contribution < 1.29 is 24.6 Å². The average Bonchev–Trinajstić information content (AvgIpc) is 3.14. The maximum absolute atomic E-state index is 12.5. The van der Waals surface area contributed by atoms with Crippen LogP contribution in [-0.2, 0) is 14.4 Å². The minimum absolute atomic E-state index is 0.0351. The fraction of sp³-hybridized carbons (Fsp3) is 0.722. The van der Waals surface area contributed by atoms with E-state index in [-0.39, 0.29) is 46.8 Å². The second-order valence-corrected chi connectivity index (χ2v) is 9.55. The molecule has 0 aromatic rings. The van der Waals surface area contributed by atoms with Gasteiger partial charge in [0, 0.05) is 41.7 Å². The van der Waals surface area contributed by atoms with Crippen molar-refractivity contribution in [2.24, 2.45) is 17.6 Å². The Morgan fingerprint density at radius 3 is 2.61 bits per heavy atom. The Balaban J connectivity index is 1.46. The summed E-state index contributed by atoms with van der Waals surface area (Å²) >= 11 is 1.45. The average molecular weight is 410 g/mol. The van der Waals surface area contributed by atoms with Gasteiger partial charge in [-0.05, 0) is 13.3 Å². The molecule has 10 heteroatoms. The number of amides is 2. The number of aliphatic hydroxyl groups excluding tert-OH is 1. The quantitative estimate of drug-likeness (QED) is 0.414. The molecule has 0 aromatic heterocycles. The molecular formula is C18H26N4O5S. The van der Waals surface area contributed by atoms with Crippen LogP contribution in [-0.4, -0.2) is 86.9 Å². The van der Waals surface area contributed by atoms with Gasteiger partial charge in [-0.2, -0.15) is 0 Å². The highest BCUT2D eigenvalue weighted by atomic mass is 32.2. The molecule has 4 rings (SSSR count). The first kappa shape index (κ1) is 19.7. The summed E-state index contributed by atoms with van der Waals surface area (Å²) in [7, 11) is 0. The van der Waals surface area contributed by atoms with Gasteiger partial charge in [-0.3, -0.25) is 9.59 Å². The number of thioether (sulfide) groups is 1. The number of carbonyl (C=O) groups is 3. The number of nitrogens with zero attached hydrogens (tertiary/aromatic N) is 2. The zero-order chi connectivity index (χ0) is 20.3. The third kappa shape index (κ3) is 2.94. The number of nitrogens with one attached hydrogen (secondary N) is 1. The van der Waals surface area contributed by atoms with Crippen molar-refractivity contribution in [2.75, 3.05) is 19.6 Å². The number of carboxylic acid groups (broad SMARTS) is 1. The van der Waals surface area contributed by atoms with Crippen molar-refractivity contribution in [3.63, 3.8) is 0 Å². The van der Waals surface area contributed by atoms with Crippen LogP contribution in [0, 0.1) is 11.8 Å². The lowest BCUT2D eigenvalue weighted by Crippen LogP contribution is -2.63. The highest BCUT2D eigenvalue weighted by Gasteiger charge is 2.60. The molecule has 3 fully saturated rings. The Kier molecular flexibility index (Phi) is 4.93. The van der Waals surface area contributed by atoms with E-state index in [0.29, 0.717) is 31.0 Å². The van der Waals surface area contributed by atoms with Crippen molar-refractivity contribution in [3.8, 4) is 0 Å². The summed E-state index contributed by atoms with van der Waals surface area (Å²) in [5.74, 6) is -2.12. The summed E-state index contributed by atoms with van der Waals surface area (Å²) < 4.78 is 0. The second-order valence-electron chi connectivity index (χ2n) is 8.21. The van der Waals surface area contributed by atoms with E-state index in [2.05, 4.69) is 5.32 Å². The summed E-state index contributed by atoms with van der Waals surface area (Å²) in [5, 5.41) is 22.9. The van der Waals surface area contributed by atoms with Crippen molar-refractivity contribution in [3.05, 3.63) is 10.6 Å². The van der Waals surface area contributed by atoms with Gasteiger partial charge in [0.25, 0.3) is 0 Å². The van der Waals surface area contributed by atoms with Gasteiger partial charge in [-0.25, -0.2) is 4.79 Å². The summed E-state index contributed by atoms with van der Waals surface area (Å²) in [5.41, 5.74) is 5.78. The molecule has 3 saturated heterocycles. The Morgan fingerprint density at radius 1 is 1.36 bits per heavy atom. The van der Waals surface area contributed by atoms with E-state index in [0.717, 1.165) is 0 Å². The predicted molar refractivity (Wildman–Crippen MR) is 102 cm³/mol. The minimum atomic E-state index is -1.12. The summed E-state index contributed by atoms with van der Waals surface area (Å²) in [4.78, 5) is 40.5. The first-order chi connectivity index (χ1) is 13.2. The van der Waals surface area contributed by atoms with E-state index < -0.39 is 18.0 Å². The lowest BCUT2D eigenvalue weighted by Gasteiger charge is -2.46. The Labute approximate surface area is 167 Å². The first-order valence-electron chi connectivity index (χ1n) is 9.63. The van der Waals surface area contributed by atoms with Gasteiger partial charge in [-0.1, -0.05) is 6.92 Å². The highest BCUT2D eigenvalue weighted by molar-refractivity contribution is 8.03. The summed E-state index contributed by atoms with van der Waals surface area (Å²) in [6, 6.07) is -0.531. The van der Waals surface area contributed by atoms with Crippen molar-refractivity contribution in [2.45, 2.75) is 49.7 Å². The lowest BCUT2D eigenvalue weighted by atomic mass is 9.79. The van der Waals surface area contributed by atoms with E-state index in [1.807, 2.05) is 6.92 Å². The zero-order valence-electron chi connectivity index (χ0n) is 15.9. The molecule has 4 heterocycles. The van der Waals surface area contributed by atoms with Gasteiger partial charge in [0.05, 0.1) is 24.1 Å². The normalized spacial score (nSPS) is 36.3. The maximum atomic E-state index is 12.5. The molecule has 28 heavy (non-hydrogen) atoms. The van der Waals surface area contributed by atoms with Crippen LogP contribution in [0.1, 0.15) is 20.3 Å². The molecule has 0 bridgehead atoms. The Morgan fingerprint density at radius 2 is 2.04 bits per heavy atom. The van der Waals surface area contributed by atoms with Crippen LogP contribution in [0.4, 0.5) is 0 Å². The topological polar surface area (TPSA) is 136 Å². The molecule has 4 aliphatic heterocycles. The number of aliphatic carboxylic acids is 1. The van der Waals surface area contributed by atoms with Crippen LogP contribution in [0.3, 0.4) is 0 Å². The summed E-state index contributed by atoms with van der Waals surface area (Å²) in [6.45, 7) is 5.24. The zero-order valence-corrected chi connectivity index (χ0v) is 16.7. The number of nitrogens with two attached hydrogens (primary N) is 1. The van der Waals surface area contributed by atoms with E-state index in [4.69, 9.17) is 5.73 Å². The Bertz CT molecular complexity index is 750. The number of rotatable bonds is 5. The van der Waals surface area contributed by atoms with Crippen LogP contribution < -0.4 is 11.1 Å².